The minimum absolute atomic E-state index is 0.277. The second-order valence-electron chi connectivity index (χ2n) is 5.92. The molecule has 2 nitrogen and oxygen atoms in total. The SMILES string of the molecule is CCCCC(C)C1CCc2cc(O)c(OC)cc2C1. The summed E-state index contributed by atoms with van der Waals surface area (Å²) in [6.45, 7) is 4.65. The largest absolute Gasteiger partial charge is 0.504 e. The zero-order valence-corrected chi connectivity index (χ0v) is 12.4. The third kappa shape index (κ3) is 3.23. The number of hydrogen-bond acceptors (Lipinski definition) is 2. The van der Waals surface area contributed by atoms with E-state index >= 15 is 0 Å². The van der Waals surface area contributed by atoms with E-state index < -0.39 is 0 Å². The van der Waals surface area contributed by atoms with Gasteiger partial charge in [0.2, 0.25) is 0 Å². The molecule has 1 aromatic rings. The van der Waals surface area contributed by atoms with Crippen LogP contribution in [0.3, 0.4) is 0 Å². The lowest BCUT2D eigenvalue weighted by atomic mass is 9.76. The lowest BCUT2D eigenvalue weighted by Crippen LogP contribution is -2.21. The third-order valence-electron chi connectivity index (χ3n) is 4.59. The van der Waals surface area contributed by atoms with E-state index in [1.54, 1.807) is 7.11 Å². The summed E-state index contributed by atoms with van der Waals surface area (Å²) in [4.78, 5) is 0. The monoisotopic (exact) mass is 262 g/mol. The molecule has 0 aromatic heterocycles. The molecule has 0 fully saturated rings. The fourth-order valence-electron chi connectivity index (χ4n) is 3.21. The molecule has 0 heterocycles. The summed E-state index contributed by atoms with van der Waals surface area (Å²) in [7, 11) is 1.62. The van der Waals surface area contributed by atoms with E-state index in [1.165, 1.54) is 36.8 Å². The second-order valence-corrected chi connectivity index (χ2v) is 5.92. The van der Waals surface area contributed by atoms with Crippen LogP contribution < -0.4 is 4.74 Å². The standard InChI is InChI=1S/C17H26O2/c1-4-5-6-12(2)13-7-8-14-10-16(18)17(19-3)11-15(14)9-13/h10-13,18H,4-9H2,1-3H3. The van der Waals surface area contributed by atoms with Gasteiger partial charge in [0, 0.05) is 0 Å². The van der Waals surface area contributed by atoms with Crippen molar-refractivity contribution in [1.29, 1.82) is 0 Å². The van der Waals surface area contributed by atoms with Crippen molar-refractivity contribution in [3.05, 3.63) is 23.3 Å². The summed E-state index contributed by atoms with van der Waals surface area (Å²) in [5, 5.41) is 9.83. The van der Waals surface area contributed by atoms with Gasteiger partial charge in [-0.3, -0.25) is 0 Å². The van der Waals surface area contributed by atoms with E-state index in [2.05, 4.69) is 13.8 Å². The molecule has 0 radical (unpaired) electrons. The number of phenolic OH excluding ortho intramolecular Hbond substituents is 1. The summed E-state index contributed by atoms with van der Waals surface area (Å²) >= 11 is 0. The van der Waals surface area contributed by atoms with Crippen molar-refractivity contribution in [1.82, 2.24) is 0 Å². The predicted octanol–water partition coefficient (Wildman–Crippen LogP) is 4.33. The summed E-state index contributed by atoms with van der Waals surface area (Å²) in [5.41, 5.74) is 2.67. The number of aryl methyl sites for hydroxylation is 1. The van der Waals surface area contributed by atoms with Crippen LogP contribution in [0.4, 0.5) is 0 Å². The first-order valence-electron chi connectivity index (χ1n) is 7.54. The average molecular weight is 262 g/mol. The maximum absolute atomic E-state index is 9.83. The summed E-state index contributed by atoms with van der Waals surface area (Å²) in [5.74, 6) is 2.47. The minimum atomic E-state index is 0.277. The molecule has 19 heavy (non-hydrogen) atoms. The Morgan fingerprint density at radius 2 is 2.16 bits per heavy atom. The van der Waals surface area contributed by atoms with E-state index in [-0.39, 0.29) is 5.75 Å². The molecule has 0 amide bonds. The number of rotatable bonds is 5. The highest BCUT2D eigenvalue weighted by atomic mass is 16.5. The Balaban J connectivity index is 2.10. The molecular weight excluding hydrogens is 236 g/mol. The molecule has 0 bridgehead atoms. The van der Waals surface area contributed by atoms with Gasteiger partial charge in [0.15, 0.2) is 11.5 Å². The van der Waals surface area contributed by atoms with Crippen LogP contribution >= 0.6 is 0 Å². The third-order valence-corrected chi connectivity index (χ3v) is 4.59. The number of phenols is 1. The molecule has 2 rings (SSSR count). The summed E-state index contributed by atoms with van der Waals surface area (Å²) in [6, 6.07) is 3.92. The number of hydrogen-bond donors (Lipinski definition) is 1. The van der Waals surface area contributed by atoms with Crippen LogP contribution in [0.2, 0.25) is 0 Å². The van der Waals surface area contributed by atoms with Crippen LogP contribution in [0.5, 0.6) is 11.5 Å². The van der Waals surface area contributed by atoms with Gasteiger partial charge in [0.25, 0.3) is 0 Å². The van der Waals surface area contributed by atoms with Crippen molar-refractivity contribution < 1.29 is 9.84 Å². The molecule has 0 aliphatic heterocycles. The Labute approximate surface area is 116 Å². The number of unbranched alkanes of at least 4 members (excludes halogenated alkanes) is 1. The van der Waals surface area contributed by atoms with Gasteiger partial charge in [0.1, 0.15) is 0 Å². The number of aromatic hydroxyl groups is 1. The topological polar surface area (TPSA) is 29.5 Å². The summed E-state index contributed by atoms with van der Waals surface area (Å²) < 4.78 is 5.22. The van der Waals surface area contributed by atoms with Crippen molar-refractivity contribution in [3.63, 3.8) is 0 Å². The van der Waals surface area contributed by atoms with Crippen LogP contribution in [0.15, 0.2) is 12.1 Å². The second kappa shape index (κ2) is 6.31. The molecule has 2 heteroatoms. The smallest absolute Gasteiger partial charge is 0.160 e. The lowest BCUT2D eigenvalue weighted by Gasteiger charge is -2.30. The number of ether oxygens (including phenoxy) is 1. The predicted molar refractivity (Wildman–Crippen MR) is 78.9 cm³/mol. The molecule has 1 N–H and O–H groups in total. The number of methoxy groups -OCH3 is 1. The minimum Gasteiger partial charge on any atom is -0.504 e. The molecule has 0 spiro atoms. The van der Waals surface area contributed by atoms with E-state index in [9.17, 15) is 5.11 Å². The average Bonchev–Trinajstić information content (AvgIpc) is 2.43. The molecule has 106 valence electrons. The first-order chi connectivity index (χ1) is 9.15. The van der Waals surface area contributed by atoms with Crippen LogP contribution in [-0.2, 0) is 12.8 Å². The Kier molecular flexibility index (Phi) is 4.73. The quantitative estimate of drug-likeness (QED) is 0.855. The highest BCUT2D eigenvalue weighted by Gasteiger charge is 2.24. The fourth-order valence-corrected chi connectivity index (χ4v) is 3.21. The molecule has 1 aliphatic rings. The van der Waals surface area contributed by atoms with Gasteiger partial charge in [-0.25, -0.2) is 0 Å². The maximum Gasteiger partial charge on any atom is 0.160 e. The van der Waals surface area contributed by atoms with Crippen molar-refractivity contribution in [2.24, 2.45) is 11.8 Å². The van der Waals surface area contributed by atoms with E-state index in [1.807, 2.05) is 12.1 Å². The van der Waals surface area contributed by atoms with Crippen LogP contribution in [-0.4, -0.2) is 12.2 Å². The van der Waals surface area contributed by atoms with Crippen LogP contribution in [0.1, 0.15) is 50.7 Å². The first kappa shape index (κ1) is 14.2. The zero-order chi connectivity index (χ0) is 13.8. The Morgan fingerprint density at radius 1 is 1.37 bits per heavy atom. The van der Waals surface area contributed by atoms with E-state index in [0.29, 0.717) is 5.75 Å². The Morgan fingerprint density at radius 3 is 2.84 bits per heavy atom. The molecule has 2 atom stereocenters. The molecule has 0 saturated carbocycles. The zero-order valence-electron chi connectivity index (χ0n) is 12.4. The molecule has 2 unspecified atom stereocenters. The first-order valence-corrected chi connectivity index (χ1v) is 7.54. The van der Waals surface area contributed by atoms with Gasteiger partial charge in [-0.2, -0.15) is 0 Å². The highest BCUT2D eigenvalue weighted by Crippen LogP contribution is 2.37. The summed E-state index contributed by atoms with van der Waals surface area (Å²) in [6.07, 6.45) is 7.44. The molecular formula is C17H26O2. The van der Waals surface area contributed by atoms with Crippen molar-refractivity contribution in [2.75, 3.05) is 7.11 Å². The van der Waals surface area contributed by atoms with E-state index in [0.717, 1.165) is 24.7 Å². The highest BCUT2D eigenvalue weighted by molar-refractivity contribution is 5.47. The van der Waals surface area contributed by atoms with Crippen LogP contribution in [0, 0.1) is 11.8 Å². The molecule has 1 aromatic carbocycles. The van der Waals surface area contributed by atoms with Gasteiger partial charge >= 0.3 is 0 Å². The van der Waals surface area contributed by atoms with Crippen molar-refractivity contribution in [2.45, 2.75) is 52.4 Å². The van der Waals surface area contributed by atoms with Crippen molar-refractivity contribution >= 4 is 0 Å². The number of benzene rings is 1. The number of fused-ring (bicyclic) bond motifs is 1. The maximum atomic E-state index is 9.83. The molecule has 1 aliphatic carbocycles. The molecule has 0 saturated heterocycles. The Hall–Kier alpha value is -1.18. The van der Waals surface area contributed by atoms with Gasteiger partial charge in [-0.15, -0.1) is 0 Å². The lowest BCUT2D eigenvalue weighted by molar-refractivity contribution is 0.296. The normalized spacial score (nSPS) is 19.8. The van der Waals surface area contributed by atoms with Gasteiger partial charge in [-0.1, -0.05) is 33.1 Å². The fraction of sp³-hybridized carbons (Fsp3) is 0.647. The van der Waals surface area contributed by atoms with Gasteiger partial charge in [-0.05, 0) is 54.4 Å². The Bertz CT molecular complexity index is 426. The van der Waals surface area contributed by atoms with Gasteiger partial charge < -0.3 is 9.84 Å². The van der Waals surface area contributed by atoms with E-state index in [4.69, 9.17) is 4.74 Å². The van der Waals surface area contributed by atoms with Crippen molar-refractivity contribution in [3.8, 4) is 11.5 Å². The van der Waals surface area contributed by atoms with Gasteiger partial charge in [0.05, 0.1) is 7.11 Å². The van der Waals surface area contributed by atoms with Crippen LogP contribution in [0.25, 0.3) is 0 Å².